The average molecular weight is 806 g/mol. The summed E-state index contributed by atoms with van der Waals surface area (Å²) in [5.41, 5.74) is 1.35. The van der Waals surface area contributed by atoms with Crippen molar-refractivity contribution in [2.24, 2.45) is 17.8 Å². The van der Waals surface area contributed by atoms with E-state index in [9.17, 15) is 33.9 Å². The van der Waals surface area contributed by atoms with Gasteiger partial charge in [-0.25, -0.2) is 9.59 Å². The largest absolute Gasteiger partial charge is 0.465 e. The van der Waals surface area contributed by atoms with Crippen LogP contribution < -0.4 is 16.0 Å². The number of piperidine rings is 2. The monoisotopic (exact) mass is 805 g/mol. The average Bonchev–Trinajstić information content (AvgIpc) is 3.21. The lowest BCUT2D eigenvalue weighted by molar-refractivity contribution is -0.147. The molecule has 0 aliphatic carbocycles. The molecule has 4 N–H and O–H groups in total. The summed E-state index contributed by atoms with van der Waals surface area (Å²) in [5, 5.41) is 17.6. The molecule has 2 heterocycles. The summed E-state index contributed by atoms with van der Waals surface area (Å²) >= 11 is 0. The van der Waals surface area contributed by atoms with Gasteiger partial charge in [-0.15, -0.1) is 0 Å². The first-order chi connectivity index (χ1) is 27.8. The Hall–Kier alpha value is -5.14. The summed E-state index contributed by atoms with van der Waals surface area (Å²) in [6.45, 7) is 7.62. The summed E-state index contributed by atoms with van der Waals surface area (Å²) in [6, 6.07) is 17.8. The van der Waals surface area contributed by atoms with E-state index in [4.69, 9.17) is 9.47 Å². The lowest BCUT2D eigenvalue weighted by atomic mass is 9.84. The molecule has 14 nitrogen and oxygen atoms in total. The second kappa shape index (κ2) is 23.3. The van der Waals surface area contributed by atoms with Crippen molar-refractivity contribution in [2.75, 3.05) is 39.3 Å². The van der Waals surface area contributed by atoms with E-state index in [0.717, 1.165) is 56.1 Å². The molecule has 2 fully saturated rings. The van der Waals surface area contributed by atoms with Crippen molar-refractivity contribution in [3.63, 3.8) is 0 Å². The number of carbonyl (C=O) groups excluding carboxylic acids is 5. The van der Waals surface area contributed by atoms with E-state index >= 15 is 0 Å². The first-order valence-corrected chi connectivity index (χ1v) is 20.8. The van der Waals surface area contributed by atoms with Gasteiger partial charge in [0.1, 0.15) is 18.2 Å². The fourth-order valence-corrected chi connectivity index (χ4v) is 7.43. The third-order valence-electron chi connectivity index (χ3n) is 10.8. The first kappa shape index (κ1) is 45.6. The minimum Gasteiger partial charge on any atom is -0.465 e. The Labute approximate surface area is 342 Å². The zero-order valence-corrected chi connectivity index (χ0v) is 34.4. The number of nitrogens with one attached hydrogen (secondary N) is 3. The Kier molecular flexibility index (Phi) is 18.3. The number of rotatable bonds is 19. The predicted octanol–water partition coefficient (Wildman–Crippen LogP) is 5.68. The van der Waals surface area contributed by atoms with Gasteiger partial charge in [0.2, 0.25) is 17.7 Å². The van der Waals surface area contributed by atoms with Crippen molar-refractivity contribution in [1.82, 2.24) is 25.8 Å². The second-order valence-corrected chi connectivity index (χ2v) is 16.5. The van der Waals surface area contributed by atoms with E-state index in [1.165, 1.54) is 4.90 Å². The number of hydrogen-bond donors (Lipinski definition) is 4. The van der Waals surface area contributed by atoms with E-state index in [1.54, 1.807) is 4.90 Å². The number of hydrogen-bond acceptors (Lipinski definition) is 8. The minimum absolute atomic E-state index is 0.0258. The molecule has 0 saturated carbocycles. The fraction of sp³-hybridized carbons (Fsp3) is 0.591. The van der Waals surface area contributed by atoms with E-state index in [1.807, 2.05) is 81.4 Å². The molecule has 14 heteroatoms. The molecule has 318 valence electrons. The molecule has 2 aromatic rings. The lowest BCUT2D eigenvalue weighted by Crippen LogP contribution is -2.51. The first-order valence-electron chi connectivity index (χ1n) is 20.8. The SMILES string of the molecule is CC(C)(C)OC(=O)N1CCC(CCC(CCC2CCN(C(=O)O)CC2)C(=O)NCC(=O)N[C@@H](CC(=O)OCc2ccccc2)C(=O)NCCCc2ccccc2)CC1. The molecule has 0 radical (unpaired) electrons. The Bertz CT molecular complexity index is 1620. The summed E-state index contributed by atoms with van der Waals surface area (Å²) in [7, 11) is 0. The maximum absolute atomic E-state index is 13.7. The van der Waals surface area contributed by atoms with Crippen LogP contribution in [0.4, 0.5) is 9.59 Å². The third kappa shape index (κ3) is 16.8. The van der Waals surface area contributed by atoms with Crippen LogP contribution in [0.1, 0.15) is 96.1 Å². The molecule has 2 aromatic carbocycles. The molecule has 2 aliphatic heterocycles. The van der Waals surface area contributed by atoms with Crippen LogP contribution in [0.25, 0.3) is 0 Å². The molecule has 0 bridgehead atoms. The number of aryl methyl sites for hydroxylation is 1. The van der Waals surface area contributed by atoms with Gasteiger partial charge in [-0.2, -0.15) is 0 Å². The van der Waals surface area contributed by atoms with E-state index in [-0.39, 0.29) is 37.5 Å². The van der Waals surface area contributed by atoms with Gasteiger partial charge in [-0.05, 0) is 108 Å². The van der Waals surface area contributed by atoms with Crippen molar-refractivity contribution >= 4 is 35.9 Å². The third-order valence-corrected chi connectivity index (χ3v) is 10.8. The molecule has 0 spiro atoms. The van der Waals surface area contributed by atoms with Gasteiger partial charge in [0.05, 0.1) is 13.0 Å². The molecule has 2 saturated heterocycles. The lowest BCUT2D eigenvalue weighted by Gasteiger charge is -2.34. The van der Waals surface area contributed by atoms with Crippen LogP contribution in [-0.2, 0) is 41.7 Å². The van der Waals surface area contributed by atoms with Gasteiger partial charge < -0.3 is 40.3 Å². The smallest absolute Gasteiger partial charge is 0.410 e. The van der Waals surface area contributed by atoms with Gasteiger partial charge in [-0.1, -0.05) is 60.7 Å². The molecule has 4 rings (SSSR count). The van der Waals surface area contributed by atoms with Gasteiger partial charge >= 0.3 is 18.2 Å². The van der Waals surface area contributed by atoms with Crippen molar-refractivity contribution < 1.29 is 43.3 Å². The van der Waals surface area contributed by atoms with Gasteiger partial charge in [0.15, 0.2) is 0 Å². The second-order valence-electron chi connectivity index (χ2n) is 16.5. The van der Waals surface area contributed by atoms with Crippen LogP contribution >= 0.6 is 0 Å². The zero-order chi connectivity index (χ0) is 41.9. The highest BCUT2D eigenvalue weighted by Crippen LogP contribution is 2.29. The van der Waals surface area contributed by atoms with Gasteiger partial charge in [-0.3, -0.25) is 19.2 Å². The normalized spacial score (nSPS) is 16.1. The van der Waals surface area contributed by atoms with Crippen molar-refractivity contribution in [2.45, 2.75) is 110 Å². The summed E-state index contributed by atoms with van der Waals surface area (Å²) in [4.78, 5) is 80.3. The number of amides is 5. The molecular formula is C44H63N5O9. The van der Waals surface area contributed by atoms with Crippen LogP contribution in [-0.4, -0.2) is 102 Å². The Morgan fingerprint density at radius 3 is 1.86 bits per heavy atom. The Morgan fingerprint density at radius 2 is 1.31 bits per heavy atom. The van der Waals surface area contributed by atoms with Crippen molar-refractivity contribution in [1.29, 1.82) is 0 Å². The van der Waals surface area contributed by atoms with Crippen LogP contribution in [0.2, 0.25) is 0 Å². The highest BCUT2D eigenvalue weighted by atomic mass is 16.6. The molecule has 1 unspecified atom stereocenters. The Balaban J connectivity index is 1.32. The summed E-state index contributed by atoms with van der Waals surface area (Å²) in [5.74, 6) is -1.82. The van der Waals surface area contributed by atoms with Crippen LogP contribution in [0.15, 0.2) is 60.7 Å². The van der Waals surface area contributed by atoms with Crippen LogP contribution in [0.5, 0.6) is 0 Å². The number of esters is 1. The molecular weight excluding hydrogens is 743 g/mol. The molecule has 2 atom stereocenters. The Morgan fingerprint density at radius 1 is 0.759 bits per heavy atom. The summed E-state index contributed by atoms with van der Waals surface area (Å²) in [6.07, 6.45) is 5.57. The standard InChI is InChI=1S/C44H63N5O9/c1-44(2,3)58-43(56)49-27-22-34(23-28-49)17-19-36(18-16-33-20-25-48(26-21-33)42(54)55)40(52)46-30-38(50)47-37(29-39(51)57-31-35-13-8-5-9-14-35)41(53)45-24-10-15-32-11-6-4-7-12-32/h4-9,11-14,33-34,36-37H,10,15-31H2,1-3H3,(H,45,53)(H,46,52)(H,47,50)(H,54,55)/t36?,37-/m0/s1. The minimum atomic E-state index is -1.21. The highest BCUT2D eigenvalue weighted by Gasteiger charge is 2.30. The number of likely N-dealkylation sites (tertiary alicyclic amines) is 2. The van der Waals surface area contributed by atoms with Crippen LogP contribution in [0, 0.1) is 17.8 Å². The van der Waals surface area contributed by atoms with Crippen molar-refractivity contribution in [3.8, 4) is 0 Å². The van der Waals surface area contributed by atoms with Crippen molar-refractivity contribution in [3.05, 3.63) is 71.8 Å². The van der Waals surface area contributed by atoms with E-state index < -0.39 is 35.5 Å². The fourth-order valence-electron chi connectivity index (χ4n) is 7.43. The number of carboxylic acid groups (broad SMARTS) is 1. The summed E-state index contributed by atoms with van der Waals surface area (Å²) < 4.78 is 11.0. The molecule has 2 aliphatic rings. The molecule has 5 amide bonds. The topological polar surface area (TPSA) is 184 Å². The molecule has 58 heavy (non-hydrogen) atoms. The predicted molar refractivity (Wildman–Crippen MR) is 218 cm³/mol. The van der Waals surface area contributed by atoms with Crippen LogP contribution in [0.3, 0.4) is 0 Å². The zero-order valence-electron chi connectivity index (χ0n) is 34.4. The van der Waals surface area contributed by atoms with Gasteiger partial charge in [0, 0.05) is 38.6 Å². The maximum Gasteiger partial charge on any atom is 0.410 e. The number of carbonyl (C=O) groups is 6. The maximum atomic E-state index is 13.7. The van der Waals surface area contributed by atoms with Gasteiger partial charge in [0.25, 0.3) is 0 Å². The highest BCUT2D eigenvalue weighted by molar-refractivity contribution is 5.92. The number of ether oxygens (including phenoxy) is 2. The quantitative estimate of drug-likeness (QED) is 0.102. The van der Waals surface area contributed by atoms with E-state index in [0.29, 0.717) is 63.8 Å². The number of benzene rings is 2. The van der Waals surface area contributed by atoms with E-state index in [2.05, 4.69) is 16.0 Å². The molecule has 0 aromatic heterocycles. The number of nitrogens with zero attached hydrogens (tertiary/aromatic N) is 2.